The summed E-state index contributed by atoms with van der Waals surface area (Å²) >= 11 is 5.76. The summed E-state index contributed by atoms with van der Waals surface area (Å²) in [6, 6.07) is 7.84. The number of nitrogens with zero attached hydrogens (tertiary/aromatic N) is 5. The van der Waals surface area contributed by atoms with Crippen LogP contribution in [-0.2, 0) is 6.18 Å². The Morgan fingerprint density at radius 2 is 1.73 bits per heavy atom. The van der Waals surface area contributed by atoms with Crippen molar-refractivity contribution in [2.45, 2.75) is 6.18 Å². The molecule has 152 valence electrons. The molecule has 3 heterocycles. The number of halogens is 4. The summed E-state index contributed by atoms with van der Waals surface area (Å²) in [6.45, 7) is 0. The van der Waals surface area contributed by atoms with E-state index in [0.29, 0.717) is 28.3 Å². The van der Waals surface area contributed by atoms with Crippen LogP contribution in [0.25, 0.3) is 16.9 Å². The van der Waals surface area contributed by atoms with Gasteiger partial charge in [0.15, 0.2) is 11.5 Å². The predicted molar refractivity (Wildman–Crippen MR) is 105 cm³/mol. The van der Waals surface area contributed by atoms with Crippen molar-refractivity contribution in [1.82, 2.24) is 19.4 Å². The Balaban J connectivity index is 1.69. The number of fused-ring (bicyclic) bond motifs is 1. The summed E-state index contributed by atoms with van der Waals surface area (Å²) in [4.78, 5) is 26.4. The number of carbonyl (C=O) groups is 1. The SMILES string of the molecule is CN(C(=O)c1ccc(Cl)nc1)c1cn2c(-c3ccc(C(F)(F)F)cc3)cnc2cn1. The van der Waals surface area contributed by atoms with E-state index in [1.165, 1.54) is 41.7 Å². The topological polar surface area (TPSA) is 63.4 Å². The standard InChI is InChI=1S/C20H13ClF3N5O/c1-28(19(30)13-4-7-16(21)25-8-13)18-11-29-15(9-26-17(29)10-27-18)12-2-5-14(6-3-12)20(22,23)24/h2-11H,1H3. The van der Waals surface area contributed by atoms with Crippen LogP contribution in [0.15, 0.2) is 61.2 Å². The van der Waals surface area contributed by atoms with E-state index in [1.54, 1.807) is 23.7 Å². The van der Waals surface area contributed by atoms with E-state index in [1.807, 2.05) is 0 Å². The average molecular weight is 432 g/mol. The van der Waals surface area contributed by atoms with Crippen molar-refractivity contribution in [2.24, 2.45) is 0 Å². The molecular formula is C20H13ClF3N5O. The van der Waals surface area contributed by atoms with Gasteiger partial charge in [-0.25, -0.2) is 15.0 Å². The molecule has 10 heteroatoms. The van der Waals surface area contributed by atoms with E-state index in [4.69, 9.17) is 11.6 Å². The molecular weight excluding hydrogens is 419 g/mol. The first kappa shape index (κ1) is 19.8. The van der Waals surface area contributed by atoms with Crippen molar-refractivity contribution in [3.63, 3.8) is 0 Å². The van der Waals surface area contributed by atoms with E-state index in [0.717, 1.165) is 12.1 Å². The molecule has 0 unspecified atom stereocenters. The summed E-state index contributed by atoms with van der Waals surface area (Å²) in [5.74, 6) is -0.0178. The zero-order valence-corrected chi connectivity index (χ0v) is 16.2. The number of benzene rings is 1. The predicted octanol–water partition coefficient (Wildman–Crippen LogP) is 4.74. The van der Waals surface area contributed by atoms with Gasteiger partial charge in [-0.1, -0.05) is 23.7 Å². The van der Waals surface area contributed by atoms with E-state index in [-0.39, 0.29) is 11.1 Å². The summed E-state index contributed by atoms with van der Waals surface area (Å²) < 4.78 is 40.1. The number of rotatable bonds is 3. The van der Waals surface area contributed by atoms with Gasteiger partial charge in [0.1, 0.15) is 5.15 Å². The van der Waals surface area contributed by atoms with Gasteiger partial charge in [0.25, 0.3) is 5.91 Å². The monoisotopic (exact) mass is 431 g/mol. The second-order valence-corrected chi connectivity index (χ2v) is 6.81. The van der Waals surface area contributed by atoms with Gasteiger partial charge in [-0.15, -0.1) is 0 Å². The molecule has 0 fully saturated rings. The highest BCUT2D eigenvalue weighted by Crippen LogP contribution is 2.31. The highest BCUT2D eigenvalue weighted by Gasteiger charge is 2.30. The zero-order valence-electron chi connectivity index (χ0n) is 15.4. The lowest BCUT2D eigenvalue weighted by atomic mass is 10.1. The Morgan fingerprint density at radius 1 is 1.00 bits per heavy atom. The molecule has 6 nitrogen and oxygen atoms in total. The van der Waals surface area contributed by atoms with Crippen LogP contribution in [0, 0.1) is 0 Å². The van der Waals surface area contributed by atoms with Gasteiger partial charge in [0.05, 0.1) is 35.4 Å². The number of hydrogen-bond acceptors (Lipinski definition) is 4. The minimum Gasteiger partial charge on any atom is -0.295 e. The molecule has 0 spiro atoms. The minimum atomic E-state index is -4.41. The van der Waals surface area contributed by atoms with Gasteiger partial charge >= 0.3 is 6.18 Å². The fourth-order valence-corrected chi connectivity index (χ4v) is 3.01. The molecule has 0 saturated heterocycles. The van der Waals surface area contributed by atoms with E-state index < -0.39 is 11.7 Å². The second-order valence-electron chi connectivity index (χ2n) is 6.43. The van der Waals surface area contributed by atoms with E-state index >= 15 is 0 Å². The maximum absolute atomic E-state index is 12.8. The first-order chi connectivity index (χ1) is 14.2. The molecule has 0 bridgehead atoms. The molecule has 0 N–H and O–H groups in total. The molecule has 0 saturated carbocycles. The van der Waals surface area contributed by atoms with Crippen molar-refractivity contribution in [3.8, 4) is 11.3 Å². The van der Waals surface area contributed by atoms with Crippen LogP contribution in [-0.4, -0.2) is 32.3 Å². The molecule has 0 aliphatic rings. The Morgan fingerprint density at radius 3 is 2.37 bits per heavy atom. The first-order valence-electron chi connectivity index (χ1n) is 8.64. The van der Waals surface area contributed by atoms with Crippen molar-refractivity contribution in [3.05, 3.63) is 77.5 Å². The summed E-state index contributed by atoms with van der Waals surface area (Å²) in [5, 5.41) is 0.272. The van der Waals surface area contributed by atoms with Gasteiger partial charge < -0.3 is 0 Å². The number of hydrogen-bond donors (Lipinski definition) is 0. The number of imidazole rings is 1. The van der Waals surface area contributed by atoms with Gasteiger partial charge in [-0.05, 0) is 24.3 Å². The quantitative estimate of drug-likeness (QED) is 0.439. The van der Waals surface area contributed by atoms with Crippen molar-refractivity contribution in [1.29, 1.82) is 0 Å². The highest BCUT2D eigenvalue weighted by molar-refractivity contribution is 6.29. The van der Waals surface area contributed by atoms with Crippen LogP contribution >= 0.6 is 11.6 Å². The molecule has 4 aromatic rings. The van der Waals surface area contributed by atoms with Crippen LogP contribution in [0.2, 0.25) is 5.15 Å². The van der Waals surface area contributed by atoms with E-state index in [2.05, 4.69) is 15.0 Å². The molecule has 0 atom stereocenters. The average Bonchev–Trinajstić information content (AvgIpc) is 3.16. The lowest BCUT2D eigenvalue weighted by Crippen LogP contribution is -2.27. The van der Waals surface area contributed by atoms with Crippen LogP contribution in [0.4, 0.5) is 19.0 Å². The minimum absolute atomic E-state index is 0.272. The van der Waals surface area contributed by atoms with Gasteiger partial charge in [-0.3, -0.25) is 14.1 Å². The molecule has 0 radical (unpaired) electrons. The largest absolute Gasteiger partial charge is 0.416 e. The third kappa shape index (κ3) is 3.71. The van der Waals surface area contributed by atoms with E-state index in [9.17, 15) is 18.0 Å². The molecule has 4 rings (SSSR count). The van der Waals surface area contributed by atoms with Crippen molar-refractivity contribution < 1.29 is 18.0 Å². The zero-order chi connectivity index (χ0) is 21.5. The number of alkyl halides is 3. The Labute approximate surface area is 173 Å². The number of anilines is 1. The summed E-state index contributed by atoms with van der Waals surface area (Å²) in [7, 11) is 1.56. The van der Waals surface area contributed by atoms with Gasteiger partial charge in [0, 0.05) is 18.8 Å². The van der Waals surface area contributed by atoms with Crippen LogP contribution in [0.1, 0.15) is 15.9 Å². The molecule has 3 aromatic heterocycles. The van der Waals surface area contributed by atoms with Gasteiger partial charge in [-0.2, -0.15) is 13.2 Å². The number of amides is 1. The molecule has 1 aromatic carbocycles. The molecule has 30 heavy (non-hydrogen) atoms. The normalized spacial score (nSPS) is 11.6. The third-order valence-corrected chi connectivity index (χ3v) is 4.74. The lowest BCUT2D eigenvalue weighted by Gasteiger charge is -2.16. The lowest BCUT2D eigenvalue weighted by molar-refractivity contribution is -0.137. The fourth-order valence-electron chi connectivity index (χ4n) is 2.90. The summed E-state index contributed by atoms with van der Waals surface area (Å²) in [5.41, 5.74) is 1.20. The van der Waals surface area contributed by atoms with Crippen LogP contribution in [0.3, 0.4) is 0 Å². The Hall–Kier alpha value is -3.46. The molecule has 0 aliphatic carbocycles. The maximum atomic E-state index is 12.8. The number of aromatic nitrogens is 4. The third-order valence-electron chi connectivity index (χ3n) is 4.51. The van der Waals surface area contributed by atoms with Crippen LogP contribution in [0.5, 0.6) is 0 Å². The maximum Gasteiger partial charge on any atom is 0.416 e. The Bertz CT molecular complexity index is 1220. The van der Waals surface area contributed by atoms with Crippen LogP contribution < -0.4 is 4.90 Å². The fraction of sp³-hybridized carbons (Fsp3) is 0.100. The summed E-state index contributed by atoms with van der Waals surface area (Å²) in [6.07, 6.45) is 1.57. The highest BCUT2D eigenvalue weighted by atomic mass is 35.5. The number of carbonyl (C=O) groups excluding carboxylic acids is 1. The molecule has 1 amide bonds. The van der Waals surface area contributed by atoms with Crippen molar-refractivity contribution >= 4 is 29.0 Å². The Kier molecular flexibility index (Phi) is 4.90. The molecule has 0 aliphatic heterocycles. The first-order valence-corrected chi connectivity index (χ1v) is 9.02. The smallest absolute Gasteiger partial charge is 0.295 e. The number of pyridine rings is 1. The van der Waals surface area contributed by atoms with Gasteiger partial charge in [0.2, 0.25) is 0 Å². The second kappa shape index (κ2) is 7.42. The van der Waals surface area contributed by atoms with Crippen molar-refractivity contribution in [2.75, 3.05) is 11.9 Å².